The molecular weight excluding hydrogens is 267 g/mol. The maximum Gasteiger partial charge on any atom is 0.708 e. The zero-order chi connectivity index (χ0) is 12.1. The normalized spacial score (nSPS) is 12.7. The summed E-state index contributed by atoms with van der Waals surface area (Å²) < 4.78 is 65.9. The maximum absolute atomic E-state index is 10.3. The zero-order valence-electron chi connectivity index (χ0n) is 7.86. The van der Waals surface area contributed by atoms with Crippen molar-refractivity contribution in [2.45, 2.75) is 25.0 Å². The van der Waals surface area contributed by atoms with E-state index in [1.165, 1.54) is 0 Å². The lowest BCUT2D eigenvalue weighted by Crippen LogP contribution is -2.28. The zero-order valence-corrected chi connectivity index (χ0v) is 10.6. The van der Waals surface area contributed by atoms with Gasteiger partial charge >= 0.3 is 35.6 Å². The third-order valence-corrected chi connectivity index (χ3v) is 5.79. The molecule has 0 aliphatic heterocycles. The first-order valence-electron chi connectivity index (χ1n) is 3.95. The molecule has 0 atom stereocenters. The molecule has 2 N–H and O–H groups in total. The van der Waals surface area contributed by atoms with Crippen molar-refractivity contribution in [2.24, 2.45) is 0 Å². The Labute approximate surface area is 93.2 Å². The molecule has 0 aromatic heterocycles. The molecule has 15 heavy (non-hydrogen) atoms. The van der Waals surface area contributed by atoms with E-state index >= 15 is 0 Å². The minimum atomic E-state index is -4.76. The van der Waals surface area contributed by atoms with Gasteiger partial charge in [-0.1, -0.05) is 19.8 Å². The van der Waals surface area contributed by atoms with E-state index in [1.807, 2.05) is 0 Å². The first kappa shape index (κ1) is 15.3. The minimum absolute atomic E-state index is 0.0378. The highest BCUT2D eigenvalue weighted by molar-refractivity contribution is 7.83. The van der Waals surface area contributed by atoms with E-state index in [9.17, 15) is 16.8 Å². The SMILES string of the molecule is CCC[CH2][Al]([O]S(=O)(=O)O)[O]S(=O)(=O)O. The van der Waals surface area contributed by atoms with Gasteiger partial charge in [0, 0.05) is 0 Å². The smallest absolute Gasteiger partial charge is 0.344 e. The average molecular weight is 278 g/mol. The van der Waals surface area contributed by atoms with E-state index in [1.54, 1.807) is 6.92 Å². The molecule has 0 spiro atoms. The molecule has 0 unspecified atom stereocenters. The van der Waals surface area contributed by atoms with E-state index < -0.39 is 35.6 Å². The van der Waals surface area contributed by atoms with Crippen LogP contribution in [0.5, 0.6) is 0 Å². The van der Waals surface area contributed by atoms with Crippen molar-refractivity contribution in [1.29, 1.82) is 0 Å². The fourth-order valence-electron chi connectivity index (χ4n) is 0.754. The summed E-state index contributed by atoms with van der Waals surface area (Å²) in [5, 5.41) is 0.0378. The Hall–Kier alpha value is 0.272. The van der Waals surface area contributed by atoms with Crippen molar-refractivity contribution < 1.29 is 32.4 Å². The van der Waals surface area contributed by atoms with Crippen molar-refractivity contribution >= 4 is 35.6 Å². The van der Waals surface area contributed by atoms with E-state index in [-0.39, 0.29) is 5.28 Å². The van der Waals surface area contributed by atoms with E-state index in [4.69, 9.17) is 9.11 Å². The molecule has 0 bridgehead atoms. The summed E-state index contributed by atoms with van der Waals surface area (Å²) >= 11 is -3.18. The highest BCUT2D eigenvalue weighted by Gasteiger charge is 2.34. The number of rotatable bonds is 7. The third kappa shape index (κ3) is 10.6. The summed E-state index contributed by atoms with van der Waals surface area (Å²) in [5.41, 5.74) is 0. The quantitative estimate of drug-likeness (QED) is 0.488. The molecule has 0 heterocycles. The lowest BCUT2D eigenvalue weighted by molar-refractivity contribution is 0.327. The molecule has 0 aromatic carbocycles. The Morgan fingerprint density at radius 3 is 1.73 bits per heavy atom. The van der Waals surface area contributed by atoms with Gasteiger partial charge in [-0.05, 0) is 5.28 Å². The van der Waals surface area contributed by atoms with Crippen LogP contribution in [0.15, 0.2) is 0 Å². The topological polar surface area (TPSA) is 127 Å². The highest BCUT2D eigenvalue weighted by atomic mass is 32.3. The van der Waals surface area contributed by atoms with Gasteiger partial charge in [-0.25, -0.2) is 0 Å². The minimum Gasteiger partial charge on any atom is -0.344 e. The molecular formula is C4H11AlO8S2. The van der Waals surface area contributed by atoms with Crippen molar-refractivity contribution in [3.63, 3.8) is 0 Å². The lowest BCUT2D eigenvalue weighted by atomic mass is 10.4. The standard InChI is InChI=1S/C4H9.Al.2H2O4S/c1-3-4-2;;2*1-5(2,3)4/h1,3-4H2,2H3;;2*(H2,1,2,3,4)/q;+2;;/p-2. The molecule has 0 aliphatic rings. The summed E-state index contributed by atoms with van der Waals surface area (Å²) in [7, 11) is -9.53. The van der Waals surface area contributed by atoms with Crippen LogP contribution in [-0.4, -0.2) is 40.8 Å². The second-order valence-corrected chi connectivity index (χ2v) is 7.31. The Morgan fingerprint density at radius 2 is 1.47 bits per heavy atom. The average Bonchev–Trinajstić information content (AvgIpc) is 1.94. The number of hydrogen-bond donors (Lipinski definition) is 2. The van der Waals surface area contributed by atoms with Crippen LogP contribution in [0, 0.1) is 0 Å². The third-order valence-electron chi connectivity index (χ3n) is 1.25. The molecule has 0 fully saturated rings. The van der Waals surface area contributed by atoms with Gasteiger partial charge in [0.25, 0.3) is 0 Å². The van der Waals surface area contributed by atoms with Gasteiger partial charge in [0.1, 0.15) is 0 Å². The van der Waals surface area contributed by atoms with Crippen molar-refractivity contribution in [3.8, 4) is 0 Å². The Morgan fingerprint density at radius 1 is 1.07 bits per heavy atom. The summed E-state index contributed by atoms with van der Waals surface area (Å²) in [5.74, 6) is 0. The van der Waals surface area contributed by atoms with Gasteiger partial charge in [-0.2, -0.15) is 16.8 Å². The fraction of sp³-hybridized carbons (Fsp3) is 1.00. The van der Waals surface area contributed by atoms with E-state index in [0.29, 0.717) is 12.8 Å². The molecule has 0 saturated heterocycles. The highest BCUT2D eigenvalue weighted by Crippen LogP contribution is 2.08. The van der Waals surface area contributed by atoms with Gasteiger partial charge in [0.15, 0.2) is 0 Å². The molecule has 0 saturated carbocycles. The molecule has 0 amide bonds. The first-order chi connectivity index (χ1) is 6.64. The van der Waals surface area contributed by atoms with Crippen LogP contribution in [0.3, 0.4) is 0 Å². The van der Waals surface area contributed by atoms with Crippen LogP contribution < -0.4 is 0 Å². The summed E-state index contributed by atoms with van der Waals surface area (Å²) in [6.07, 6.45) is 1.12. The second kappa shape index (κ2) is 6.12. The predicted octanol–water partition coefficient (Wildman–Crippen LogP) is -0.0865. The van der Waals surface area contributed by atoms with Crippen LogP contribution in [0.2, 0.25) is 5.28 Å². The fourth-order valence-corrected chi connectivity index (χ4v) is 4.85. The van der Waals surface area contributed by atoms with Crippen molar-refractivity contribution in [3.05, 3.63) is 0 Å². The van der Waals surface area contributed by atoms with Gasteiger partial charge in [0.2, 0.25) is 0 Å². The van der Waals surface area contributed by atoms with Gasteiger partial charge < -0.3 is 6.47 Å². The molecule has 0 aromatic rings. The summed E-state index contributed by atoms with van der Waals surface area (Å²) in [4.78, 5) is 0. The van der Waals surface area contributed by atoms with Crippen LogP contribution >= 0.6 is 0 Å². The van der Waals surface area contributed by atoms with Crippen LogP contribution in [0.25, 0.3) is 0 Å². The van der Waals surface area contributed by atoms with Crippen molar-refractivity contribution in [1.82, 2.24) is 0 Å². The lowest BCUT2D eigenvalue weighted by Gasteiger charge is -2.07. The van der Waals surface area contributed by atoms with Gasteiger partial charge in [-0.3, -0.25) is 9.11 Å². The van der Waals surface area contributed by atoms with Crippen molar-refractivity contribution in [2.75, 3.05) is 0 Å². The Kier molecular flexibility index (Phi) is 6.23. The van der Waals surface area contributed by atoms with Gasteiger partial charge in [0.05, 0.1) is 0 Å². The molecule has 8 nitrogen and oxygen atoms in total. The number of unbranched alkanes of at least 4 members (excludes halogenated alkanes) is 1. The number of hydrogen-bond acceptors (Lipinski definition) is 6. The Balaban J connectivity index is 4.45. The predicted molar refractivity (Wildman–Crippen MR) is 50.7 cm³/mol. The largest absolute Gasteiger partial charge is 0.708 e. The monoisotopic (exact) mass is 278 g/mol. The van der Waals surface area contributed by atoms with Crippen LogP contribution in [0.1, 0.15) is 19.8 Å². The van der Waals surface area contributed by atoms with Crippen LogP contribution in [-0.2, 0) is 27.3 Å². The van der Waals surface area contributed by atoms with E-state index in [2.05, 4.69) is 6.47 Å². The molecule has 11 heteroatoms. The first-order valence-corrected chi connectivity index (χ1v) is 8.44. The molecule has 0 rings (SSSR count). The Bertz CT molecular complexity index is 337. The second-order valence-electron chi connectivity index (χ2n) is 2.62. The maximum atomic E-state index is 10.3. The van der Waals surface area contributed by atoms with Crippen LogP contribution in [0.4, 0.5) is 0 Å². The van der Waals surface area contributed by atoms with Gasteiger partial charge in [-0.15, -0.1) is 0 Å². The molecule has 90 valence electrons. The van der Waals surface area contributed by atoms with E-state index in [0.717, 1.165) is 0 Å². The summed E-state index contributed by atoms with van der Waals surface area (Å²) in [6.45, 7) is 1.78. The summed E-state index contributed by atoms with van der Waals surface area (Å²) in [6, 6.07) is 0. The molecule has 0 radical (unpaired) electrons. The molecule has 0 aliphatic carbocycles.